The standard InChI is InChI=1S/C13H12F3N.ClH/c14-13(15,16)8-12(17)11-7-3-5-9-4-1-2-6-10(9)11;/h1-7,12H,8,17H2;1H/t12-;/m0./s1. The van der Waals surface area contributed by atoms with Gasteiger partial charge in [0.2, 0.25) is 0 Å². The molecule has 2 N–H and O–H groups in total. The van der Waals surface area contributed by atoms with E-state index < -0.39 is 18.6 Å². The van der Waals surface area contributed by atoms with E-state index in [1.165, 1.54) is 0 Å². The highest BCUT2D eigenvalue weighted by molar-refractivity contribution is 5.86. The van der Waals surface area contributed by atoms with Gasteiger partial charge in [0, 0.05) is 6.04 Å². The summed E-state index contributed by atoms with van der Waals surface area (Å²) >= 11 is 0. The summed E-state index contributed by atoms with van der Waals surface area (Å²) in [6.07, 6.45) is -5.24. The number of benzene rings is 2. The average Bonchev–Trinajstić information content (AvgIpc) is 2.26. The van der Waals surface area contributed by atoms with Crippen LogP contribution in [0, 0.1) is 0 Å². The maximum absolute atomic E-state index is 12.3. The molecule has 0 aliphatic carbocycles. The van der Waals surface area contributed by atoms with Crippen molar-refractivity contribution in [3.63, 3.8) is 0 Å². The van der Waals surface area contributed by atoms with Gasteiger partial charge in [0.25, 0.3) is 0 Å². The Bertz CT molecular complexity index is 520. The van der Waals surface area contributed by atoms with Gasteiger partial charge in [-0.3, -0.25) is 0 Å². The van der Waals surface area contributed by atoms with Gasteiger partial charge in [-0.2, -0.15) is 13.2 Å². The Kier molecular flexibility index (Phi) is 4.59. The normalized spacial score (nSPS) is 13.1. The Morgan fingerprint density at radius 2 is 1.61 bits per heavy atom. The third kappa shape index (κ3) is 3.37. The van der Waals surface area contributed by atoms with E-state index in [4.69, 9.17) is 5.73 Å². The minimum atomic E-state index is -4.24. The second kappa shape index (κ2) is 5.59. The van der Waals surface area contributed by atoms with Crippen LogP contribution < -0.4 is 5.73 Å². The van der Waals surface area contributed by atoms with E-state index in [2.05, 4.69) is 0 Å². The third-order valence-corrected chi connectivity index (χ3v) is 2.67. The van der Waals surface area contributed by atoms with Crippen molar-refractivity contribution in [1.29, 1.82) is 0 Å². The summed E-state index contributed by atoms with van der Waals surface area (Å²) in [7, 11) is 0. The van der Waals surface area contributed by atoms with Crippen molar-refractivity contribution in [3.05, 3.63) is 48.0 Å². The Labute approximate surface area is 109 Å². The minimum absolute atomic E-state index is 0. The summed E-state index contributed by atoms with van der Waals surface area (Å²) in [5.74, 6) is 0. The van der Waals surface area contributed by atoms with Crippen molar-refractivity contribution < 1.29 is 13.2 Å². The van der Waals surface area contributed by atoms with Gasteiger partial charge in [0.15, 0.2) is 0 Å². The van der Waals surface area contributed by atoms with Gasteiger partial charge in [-0.25, -0.2) is 0 Å². The van der Waals surface area contributed by atoms with Gasteiger partial charge in [0.05, 0.1) is 6.42 Å². The first-order chi connectivity index (χ1) is 7.97. The molecule has 0 amide bonds. The zero-order valence-corrected chi connectivity index (χ0v) is 10.3. The highest BCUT2D eigenvalue weighted by atomic mass is 35.5. The molecule has 0 radical (unpaired) electrons. The Balaban J connectivity index is 0.00000162. The molecule has 0 aromatic heterocycles. The van der Waals surface area contributed by atoms with Crippen LogP contribution >= 0.6 is 12.4 Å². The van der Waals surface area contributed by atoms with Crippen molar-refractivity contribution in [2.75, 3.05) is 0 Å². The van der Waals surface area contributed by atoms with Crippen molar-refractivity contribution in [3.8, 4) is 0 Å². The Hall–Kier alpha value is -1.26. The first-order valence-electron chi connectivity index (χ1n) is 5.27. The van der Waals surface area contributed by atoms with Gasteiger partial charge >= 0.3 is 6.18 Å². The molecule has 18 heavy (non-hydrogen) atoms. The maximum Gasteiger partial charge on any atom is 0.390 e. The van der Waals surface area contributed by atoms with E-state index >= 15 is 0 Å². The van der Waals surface area contributed by atoms with Gasteiger partial charge in [-0.1, -0.05) is 42.5 Å². The summed E-state index contributed by atoms with van der Waals surface area (Å²) < 4.78 is 36.9. The van der Waals surface area contributed by atoms with Crippen molar-refractivity contribution in [2.24, 2.45) is 5.73 Å². The number of fused-ring (bicyclic) bond motifs is 1. The highest BCUT2D eigenvalue weighted by Crippen LogP contribution is 2.31. The second-order valence-corrected chi connectivity index (χ2v) is 3.99. The second-order valence-electron chi connectivity index (χ2n) is 3.99. The van der Waals surface area contributed by atoms with Gasteiger partial charge in [0.1, 0.15) is 0 Å². The van der Waals surface area contributed by atoms with Gasteiger partial charge < -0.3 is 5.73 Å². The maximum atomic E-state index is 12.3. The van der Waals surface area contributed by atoms with Crippen LogP contribution in [-0.4, -0.2) is 6.18 Å². The van der Waals surface area contributed by atoms with Crippen LogP contribution in [0.1, 0.15) is 18.0 Å². The summed E-state index contributed by atoms with van der Waals surface area (Å²) in [5, 5.41) is 1.69. The molecule has 1 atom stereocenters. The molecule has 1 nitrogen and oxygen atoms in total. The molecule has 0 saturated carbocycles. The molecule has 0 spiro atoms. The Morgan fingerprint density at radius 3 is 2.28 bits per heavy atom. The third-order valence-electron chi connectivity index (χ3n) is 2.67. The molecule has 0 fully saturated rings. The largest absolute Gasteiger partial charge is 0.390 e. The van der Waals surface area contributed by atoms with Crippen molar-refractivity contribution in [2.45, 2.75) is 18.6 Å². The molecular formula is C13H13ClF3N. The lowest BCUT2D eigenvalue weighted by Crippen LogP contribution is -2.20. The fourth-order valence-electron chi connectivity index (χ4n) is 1.93. The first-order valence-corrected chi connectivity index (χ1v) is 5.27. The number of nitrogens with two attached hydrogens (primary N) is 1. The van der Waals surface area contributed by atoms with Crippen LogP contribution in [0.3, 0.4) is 0 Å². The molecule has 2 aromatic carbocycles. The molecule has 0 heterocycles. The molecule has 5 heteroatoms. The number of hydrogen-bond donors (Lipinski definition) is 1. The fraction of sp³-hybridized carbons (Fsp3) is 0.231. The number of alkyl halides is 3. The van der Waals surface area contributed by atoms with E-state index in [1.807, 2.05) is 18.2 Å². The van der Waals surface area contributed by atoms with E-state index in [9.17, 15) is 13.2 Å². The Morgan fingerprint density at radius 1 is 1.00 bits per heavy atom. The van der Waals surface area contributed by atoms with E-state index in [0.29, 0.717) is 5.56 Å². The molecule has 0 aliphatic heterocycles. The molecule has 2 aromatic rings. The summed E-state index contributed by atoms with van der Waals surface area (Å²) in [6, 6.07) is 11.5. The van der Waals surface area contributed by atoms with E-state index in [1.54, 1.807) is 24.3 Å². The molecule has 0 bridgehead atoms. The van der Waals surface area contributed by atoms with Crippen LogP contribution in [0.4, 0.5) is 13.2 Å². The first kappa shape index (κ1) is 14.8. The van der Waals surface area contributed by atoms with Crippen molar-refractivity contribution >= 4 is 23.2 Å². The molecular weight excluding hydrogens is 263 g/mol. The van der Waals surface area contributed by atoms with Crippen LogP contribution in [0.2, 0.25) is 0 Å². The molecule has 98 valence electrons. The zero-order valence-electron chi connectivity index (χ0n) is 9.45. The van der Waals surface area contributed by atoms with Gasteiger partial charge in [-0.15, -0.1) is 12.4 Å². The predicted molar refractivity (Wildman–Crippen MR) is 68.8 cm³/mol. The highest BCUT2D eigenvalue weighted by Gasteiger charge is 2.31. The summed E-state index contributed by atoms with van der Waals surface area (Å²) in [6.45, 7) is 0. The molecule has 2 rings (SSSR count). The van der Waals surface area contributed by atoms with Crippen LogP contribution in [0.15, 0.2) is 42.5 Å². The smallest absolute Gasteiger partial charge is 0.324 e. The number of hydrogen-bond acceptors (Lipinski definition) is 1. The fourth-order valence-corrected chi connectivity index (χ4v) is 1.93. The lowest BCUT2D eigenvalue weighted by Gasteiger charge is -2.16. The molecule has 0 unspecified atom stereocenters. The predicted octanol–water partition coefficient (Wildman–Crippen LogP) is 4.21. The summed E-state index contributed by atoms with van der Waals surface area (Å²) in [4.78, 5) is 0. The van der Waals surface area contributed by atoms with E-state index in [0.717, 1.165) is 10.8 Å². The van der Waals surface area contributed by atoms with Crippen LogP contribution in [-0.2, 0) is 0 Å². The van der Waals surface area contributed by atoms with Crippen LogP contribution in [0.5, 0.6) is 0 Å². The SMILES string of the molecule is Cl.N[C@@H](CC(F)(F)F)c1cccc2ccccc12. The lowest BCUT2D eigenvalue weighted by molar-refractivity contribution is -0.138. The minimum Gasteiger partial charge on any atom is -0.324 e. The van der Waals surface area contributed by atoms with Crippen molar-refractivity contribution in [1.82, 2.24) is 0 Å². The monoisotopic (exact) mass is 275 g/mol. The lowest BCUT2D eigenvalue weighted by atomic mass is 9.97. The van der Waals surface area contributed by atoms with Crippen LogP contribution in [0.25, 0.3) is 10.8 Å². The molecule has 0 saturated heterocycles. The summed E-state index contributed by atoms with van der Waals surface area (Å²) in [5.41, 5.74) is 6.17. The quantitative estimate of drug-likeness (QED) is 0.873. The average molecular weight is 276 g/mol. The zero-order chi connectivity index (χ0) is 12.5. The van der Waals surface area contributed by atoms with E-state index in [-0.39, 0.29) is 12.4 Å². The molecule has 0 aliphatic rings. The number of rotatable bonds is 2. The number of halogens is 4. The topological polar surface area (TPSA) is 26.0 Å². The van der Waals surface area contributed by atoms with Gasteiger partial charge in [-0.05, 0) is 16.3 Å².